The van der Waals surface area contributed by atoms with Crippen molar-refractivity contribution in [3.05, 3.63) is 71.8 Å². The van der Waals surface area contributed by atoms with Crippen molar-refractivity contribution < 1.29 is 14.3 Å². The molecule has 3 rings (SSSR count). The van der Waals surface area contributed by atoms with E-state index in [1.54, 1.807) is 18.2 Å². The smallest absolute Gasteiger partial charge is 0.338 e. The summed E-state index contributed by atoms with van der Waals surface area (Å²) in [5.74, 6) is 1.22. The monoisotopic (exact) mass is 305 g/mol. The third-order valence-electron chi connectivity index (χ3n) is 3.24. The number of hydrogen-bond acceptors (Lipinski definition) is 3. The molecular weight excluding hydrogens is 291 g/mol. The zero-order chi connectivity index (χ0) is 13.9. The van der Waals surface area contributed by atoms with Crippen molar-refractivity contribution in [1.29, 1.82) is 0 Å². The molecule has 0 fully saturated rings. The minimum absolute atomic E-state index is 0. The van der Waals surface area contributed by atoms with Gasteiger partial charge >= 0.3 is 5.97 Å². The zero-order valence-electron chi connectivity index (χ0n) is 12.0. The van der Waals surface area contributed by atoms with Gasteiger partial charge in [0.2, 0.25) is 0 Å². The van der Waals surface area contributed by atoms with Gasteiger partial charge < -0.3 is 9.47 Å². The minimum atomic E-state index is -0.343. The van der Waals surface area contributed by atoms with Crippen LogP contribution in [0.25, 0.3) is 0 Å². The van der Waals surface area contributed by atoms with Gasteiger partial charge in [-0.05, 0) is 23.8 Å². The molecule has 2 aromatic rings. The van der Waals surface area contributed by atoms with Gasteiger partial charge in [0.25, 0.3) is 0 Å². The molecule has 0 aromatic heterocycles. The first-order valence-electron chi connectivity index (χ1n) is 6.45. The molecule has 1 heterocycles. The summed E-state index contributed by atoms with van der Waals surface area (Å²) in [6, 6.07) is 13.3. The fourth-order valence-electron chi connectivity index (χ4n) is 2.31. The van der Waals surface area contributed by atoms with E-state index in [1.807, 2.05) is 30.3 Å². The Morgan fingerprint density at radius 3 is 2.76 bits per heavy atom. The van der Waals surface area contributed by atoms with Crippen LogP contribution in [0.3, 0.4) is 0 Å². The van der Waals surface area contributed by atoms with E-state index in [0.29, 0.717) is 12.0 Å². The Morgan fingerprint density at radius 2 is 1.95 bits per heavy atom. The van der Waals surface area contributed by atoms with Crippen LogP contribution < -0.4 is 4.74 Å². The summed E-state index contributed by atoms with van der Waals surface area (Å²) < 4.78 is 11.0. The van der Waals surface area contributed by atoms with Crippen molar-refractivity contribution in [3.63, 3.8) is 0 Å². The van der Waals surface area contributed by atoms with Crippen molar-refractivity contribution in [3.8, 4) is 11.5 Å². The van der Waals surface area contributed by atoms with Crippen LogP contribution in [0.1, 0.15) is 21.5 Å². The molecule has 1 radical (unpaired) electrons. The van der Waals surface area contributed by atoms with Crippen LogP contribution in [0.15, 0.2) is 55.1 Å². The van der Waals surface area contributed by atoms with Gasteiger partial charge in [-0.15, -0.1) is 0 Å². The first-order chi connectivity index (χ1) is 9.79. The van der Waals surface area contributed by atoms with Crippen LogP contribution in [-0.2, 0) is 11.2 Å². The number of esters is 1. The molecule has 3 nitrogen and oxygen atoms in total. The molecule has 0 saturated carbocycles. The van der Waals surface area contributed by atoms with Gasteiger partial charge in [0.1, 0.15) is 18.1 Å². The number of ether oxygens (including phenoxy) is 2. The van der Waals surface area contributed by atoms with Crippen molar-refractivity contribution in [2.24, 2.45) is 0 Å². The number of benzene rings is 2. The second kappa shape index (κ2) is 7.38. The Hall–Kier alpha value is -0.914. The molecule has 0 amide bonds. The van der Waals surface area contributed by atoms with E-state index >= 15 is 0 Å². The zero-order valence-corrected chi connectivity index (χ0v) is 15.1. The molecule has 0 N–H and O–H groups in total. The summed E-state index contributed by atoms with van der Waals surface area (Å²) in [5, 5.41) is 0. The van der Waals surface area contributed by atoms with Crippen molar-refractivity contribution in [1.82, 2.24) is 0 Å². The maximum atomic E-state index is 12.1. The first-order valence-corrected chi connectivity index (χ1v) is 6.45. The molecule has 101 valence electrons. The van der Waals surface area contributed by atoms with E-state index in [2.05, 4.69) is 6.58 Å². The summed E-state index contributed by atoms with van der Waals surface area (Å²) in [7, 11) is 0. The van der Waals surface area contributed by atoms with Gasteiger partial charge in [-0.25, -0.2) is 4.79 Å². The van der Waals surface area contributed by atoms with E-state index in [9.17, 15) is 4.79 Å². The summed E-state index contributed by atoms with van der Waals surface area (Å²) in [6.07, 6.45) is 2.23. The molecule has 0 spiro atoms. The molecule has 1 aliphatic heterocycles. The standard InChI is InChI=1S/C17H14O3.K/c1-2-10-19-17(18)13-7-5-9-16-14(13)11-12-6-3-4-8-15(12)20-16;/h2-9H,1,10-11H2;. The Morgan fingerprint density at radius 1 is 1.19 bits per heavy atom. The number of hydrogen-bond donors (Lipinski definition) is 0. The summed E-state index contributed by atoms with van der Waals surface area (Å²) in [5.41, 5.74) is 2.50. The second-order valence-electron chi connectivity index (χ2n) is 4.56. The van der Waals surface area contributed by atoms with Gasteiger partial charge in [0.05, 0.1) is 5.56 Å². The Labute approximate surface area is 166 Å². The van der Waals surface area contributed by atoms with Crippen LogP contribution in [0.5, 0.6) is 11.5 Å². The van der Waals surface area contributed by atoms with Crippen molar-refractivity contribution in [2.75, 3.05) is 6.61 Å². The molecule has 21 heavy (non-hydrogen) atoms. The van der Waals surface area contributed by atoms with Crippen LogP contribution in [0.2, 0.25) is 0 Å². The maximum Gasteiger partial charge on any atom is 0.338 e. The maximum absolute atomic E-state index is 12.1. The fourth-order valence-corrected chi connectivity index (χ4v) is 2.31. The predicted octanol–water partition coefficient (Wildman–Crippen LogP) is 3.35. The minimum Gasteiger partial charge on any atom is -0.458 e. The average Bonchev–Trinajstić information content (AvgIpc) is 2.50. The van der Waals surface area contributed by atoms with Gasteiger partial charge in [0.15, 0.2) is 0 Å². The van der Waals surface area contributed by atoms with Crippen LogP contribution in [0, 0.1) is 0 Å². The summed E-state index contributed by atoms with van der Waals surface area (Å²) in [6.45, 7) is 3.75. The van der Waals surface area contributed by atoms with Crippen LogP contribution >= 0.6 is 0 Å². The largest absolute Gasteiger partial charge is 0.458 e. The second-order valence-corrected chi connectivity index (χ2v) is 4.56. The quantitative estimate of drug-likeness (QED) is 0.423. The topological polar surface area (TPSA) is 35.5 Å². The predicted molar refractivity (Wildman–Crippen MR) is 82.0 cm³/mol. The molecule has 4 heteroatoms. The first kappa shape index (κ1) is 16.5. The molecule has 0 saturated heterocycles. The number of carbonyl (C=O) groups is 1. The Bertz CT molecular complexity index is 679. The summed E-state index contributed by atoms with van der Waals surface area (Å²) >= 11 is 0. The van der Waals surface area contributed by atoms with Gasteiger partial charge in [-0.3, -0.25) is 0 Å². The molecule has 0 bridgehead atoms. The van der Waals surface area contributed by atoms with E-state index < -0.39 is 0 Å². The van der Waals surface area contributed by atoms with E-state index in [4.69, 9.17) is 9.47 Å². The summed E-state index contributed by atoms with van der Waals surface area (Å²) in [4.78, 5) is 12.1. The van der Waals surface area contributed by atoms with Crippen molar-refractivity contribution >= 4 is 57.4 Å². The van der Waals surface area contributed by atoms with E-state index in [0.717, 1.165) is 22.6 Å². The van der Waals surface area contributed by atoms with Crippen molar-refractivity contribution in [2.45, 2.75) is 6.42 Å². The van der Waals surface area contributed by atoms with Crippen LogP contribution in [0.4, 0.5) is 0 Å². The molecule has 1 aliphatic rings. The van der Waals surface area contributed by atoms with Gasteiger partial charge in [0, 0.05) is 63.4 Å². The van der Waals surface area contributed by atoms with Crippen LogP contribution in [-0.4, -0.2) is 64.0 Å². The van der Waals surface area contributed by atoms with Gasteiger partial charge in [-0.2, -0.15) is 0 Å². The number of carbonyl (C=O) groups excluding carboxylic acids is 1. The number of rotatable bonds is 3. The van der Waals surface area contributed by atoms with Gasteiger partial charge in [-0.1, -0.05) is 36.9 Å². The SMILES string of the molecule is C=CCOC(=O)c1cccc2c1Cc1ccccc1O2.[K]. The normalized spacial score (nSPS) is 11.2. The Balaban J connectivity index is 0.00000161. The third-order valence-corrected chi connectivity index (χ3v) is 3.24. The Kier molecular flexibility index (Phi) is 5.78. The molecule has 0 aliphatic carbocycles. The average molecular weight is 305 g/mol. The third kappa shape index (κ3) is 3.47. The molecule has 0 unspecified atom stereocenters. The fraction of sp³-hybridized carbons (Fsp3) is 0.118. The molecule has 2 aromatic carbocycles. The number of para-hydroxylation sites is 1. The van der Waals surface area contributed by atoms with E-state index in [1.165, 1.54) is 0 Å². The number of fused-ring (bicyclic) bond motifs is 2. The molecule has 0 atom stereocenters. The van der Waals surface area contributed by atoms with E-state index in [-0.39, 0.29) is 64.0 Å². The molecular formula is C17H14KO3.